The van der Waals surface area contributed by atoms with Gasteiger partial charge in [-0.05, 0) is 37.4 Å². The van der Waals surface area contributed by atoms with Crippen LogP contribution in [0.5, 0.6) is 5.75 Å². The van der Waals surface area contributed by atoms with E-state index in [0.717, 1.165) is 19.3 Å². The standard InChI is InChI=1S/C15H22F2N2O2/c1-2-11(8-9-18)6-7-14(20)19-12-4-3-5-13(10-12)21-15(16)17/h3-5,10-11,15H,2,6-9,18H2,1H3,(H,19,20). The first-order chi connectivity index (χ1) is 10.0. The van der Waals surface area contributed by atoms with Gasteiger partial charge in [-0.2, -0.15) is 8.78 Å². The third-order valence-electron chi connectivity index (χ3n) is 3.27. The second-order valence-electron chi connectivity index (χ2n) is 4.84. The average molecular weight is 300 g/mol. The van der Waals surface area contributed by atoms with Gasteiger partial charge in [-0.25, -0.2) is 0 Å². The number of anilines is 1. The van der Waals surface area contributed by atoms with Crippen molar-refractivity contribution < 1.29 is 18.3 Å². The van der Waals surface area contributed by atoms with Crippen LogP contribution in [0.2, 0.25) is 0 Å². The zero-order chi connectivity index (χ0) is 15.7. The first kappa shape index (κ1) is 17.4. The minimum Gasteiger partial charge on any atom is -0.435 e. The second-order valence-corrected chi connectivity index (χ2v) is 4.84. The number of halogens is 2. The molecule has 0 aliphatic carbocycles. The van der Waals surface area contributed by atoms with Gasteiger partial charge in [0, 0.05) is 18.2 Å². The number of hydrogen-bond donors (Lipinski definition) is 2. The van der Waals surface area contributed by atoms with Gasteiger partial charge in [0.1, 0.15) is 5.75 Å². The monoisotopic (exact) mass is 300 g/mol. The maximum absolute atomic E-state index is 12.1. The molecule has 4 nitrogen and oxygen atoms in total. The molecule has 0 saturated carbocycles. The van der Waals surface area contributed by atoms with Crippen LogP contribution in [-0.4, -0.2) is 19.1 Å². The van der Waals surface area contributed by atoms with Gasteiger partial charge in [-0.15, -0.1) is 0 Å². The summed E-state index contributed by atoms with van der Waals surface area (Å²) < 4.78 is 28.5. The van der Waals surface area contributed by atoms with Crippen molar-refractivity contribution in [2.24, 2.45) is 11.7 Å². The number of ether oxygens (including phenoxy) is 1. The number of rotatable bonds is 9. The average Bonchev–Trinajstić information content (AvgIpc) is 2.43. The molecule has 118 valence electrons. The summed E-state index contributed by atoms with van der Waals surface area (Å²) in [7, 11) is 0. The van der Waals surface area contributed by atoms with E-state index in [9.17, 15) is 13.6 Å². The molecule has 1 unspecified atom stereocenters. The minimum absolute atomic E-state index is 0.0253. The molecule has 0 aliphatic rings. The van der Waals surface area contributed by atoms with Crippen molar-refractivity contribution in [2.75, 3.05) is 11.9 Å². The Balaban J connectivity index is 2.47. The van der Waals surface area contributed by atoms with Crippen molar-refractivity contribution in [3.8, 4) is 5.75 Å². The molecule has 1 aromatic carbocycles. The highest BCUT2D eigenvalue weighted by Gasteiger charge is 2.10. The molecule has 1 amide bonds. The van der Waals surface area contributed by atoms with Crippen LogP contribution in [-0.2, 0) is 4.79 Å². The fourth-order valence-electron chi connectivity index (χ4n) is 2.10. The van der Waals surface area contributed by atoms with Crippen LogP contribution < -0.4 is 15.8 Å². The molecular formula is C15H22F2N2O2. The molecule has 0 aliphatic heterocycles. The lowest BCUT2D eigenvalue weighted by molar-refractivity contribution is -0.116. The third-order valence-corrected chi connectivity index (χ3v) is 3.27. The highest BCUT2D eigenvalue weighted by Crippen LogP contribution is 2.20. The van der Waals surface area contributed by atoms with E-state index in [1.165, 1.54) is 12.1 Å². The maximum Gasteiger partial charge on any atom is 0.387 e. The highest BCUT2D eigenvalue weighted by molar-refractivity contribution is 5.90. The van der Waals surface area contributed by atoms with Crippen LogP contribution >= 0.6 is 0 Å². The van der Waals surface area contributed by atoms with Gasteiger partial charge in [-0.1, -0.05) is 19.4 Å². The van der Waals surface area contributed by atoms with E-state index >= 15 is 0 Å². The number of nitrogens with one attached hydrogen (secondary N) is 1. The van der Waals surface area contributed by atoms with Gasteiger partial charge in [-0.3, -0.25) is 4.79 Å². The van der Waals surface area contributed by atoms with Crippen molar-refractivity contribution in [1.82, 2.24) is 0 Å². The smallest absolute Gasteiger partial charge is 0.387 e. The van der Waals surface area contributed by atoms with Crippen molar-refractivity contribution in [2.45, 2.75) is 39.2 Å². The summed E-state index contributed by atoms with van der Waals surface area (Å²) in [5, 5.41) is 2.68. The van der Waals surface area contributed by atoms with E-state index in [1.807, 2.05) is 0 Å². The Kier molecular flexibility index (Phi) is 7.68. The Morgan fingerprint density at radius 1 is 1.38 bits per heavy atom. The second kappa shape index (κ2) is 9.28. The summed E-state index contributed by atoms with van der Waals surface area (Å²) >= 11 is 0. The third kappa shape index (κ3) is 7.04. The Bertz CT molecular complexity index is 441. The van der Waals surface area contributed by atoms with Gasteiger partial charge in [0.05, 0.1) is 0 Å². The molecule has 0 bridgehead atoms. The molecule has 0 radical (unpaired) electrons. The lowest BCUT2D eigenvalue weighted by atomic mass is 9.96. The van der Waals surface area contributed by atoms with E-state index < -0.39 is 6.61 Å². The zero-order valence-electron chi connectivity index (χ0n) is 12.1. The molecule has 0 fully saturated rings. The van der Waals surface area contributed by atoms with Crippen LogP contribution in [0.25, 0.3) is 0 Å². The zero-order valence-corrected chi connectivity index (χ0v) is 12.1. The predicted octanol–water partition coefficient (Wildman–Crippen LogP) is 3.38. The summed E-state index contributed by atoms with van der Waals surface area (Å²) in [5.41, 5.74) is 5.96. The molecule has 0 saturated heterocycles. The van der Waals surface area contributed by atoms with Crippen LogP contribution in [0.3, 0.4) is 0 Å². The van der Waals surface area contributed by atoms with Gasteiger partial charge < -0.3 is 15.8 Å². The number of benzene rings is 1. The topological polar surface area (TPSA) is 64.4 Å². The van der Waals surface area contributed by atoms with E-state index in [4.69, 9.17) is 5.73 Å². The van der Waals surface area contributed by atoms with Crippen molar-refractivity contribution in [1.29, 1.82) is 0 Å². The van der Waals surface area contributed by atoms with Crippen LogP contribution in [0, 0.1) is 5.92 Å². The maximum atomic E-state index is 12.1. The molecule has 1 aromatic rings. The summed E-state index contributed by atoms with van der Waals surface area (Å²) in [4.78, 5) is 11.8. The van der Waals surface area contributed by atoms with Crippen LogP contribution in [0.15, 0.2) is 24.3 Å². The molecule has 1 atom stereocenters. The Hall–Kier alpha value is -1.69. The fourth-order valence-corrected chi connectivity index (χ4v) is 2.10. The van der Waals surface area contributed by atoms with Gasteiger partial charge in [0.25, 0.3) is 0 Å². The number of carbonyl (C=O) groups excluding carboxylic acids is 1. The quantitative estimate of drug-likeness (QED) is 0.735. The number of carbonyl (C=O) groups is 1. The minimum atomic E-state index is -2.88. The molecular weight excluding hydrogens is 278 g/mol. The number of alkyl halides is 2. The molecule has 0 spiro atoms. The van der Waals surface area contributed by atoms with Gasteiger partial charge >= 0.3 is 6.61 Å². The summed E-state index contributed by atoms with van der Waals surface area (Å²) in [5.74, 6) is 0.325. The molecule has 0 aromatic heterocycles. The number of nitrogens with two attached hydrogens (primary N) is 1. The van der Waals surface area contributed by atoms with Crippen molar-refractivity contribution in [3.05, 3.63) is 24.3 Å². The first-order valence-corrected chi connectivity index (χ1v) is 7.10. The molecule has 21 heavy (non-hydrogen) atoms. The predicted molar refractivity (Wildman–Crippen MR) is 78.4 cm³/mol. The molecule has 6 heteroatoms. The molecule has 0 heterocycles. The van der Waals surface area contributed by atoms with Crippen molar-refractivity contribution in [3.63, 3.8) is 0 Å². The highest BCUT2D eigenvalue weighted by atomic mass is 19.3. The van der Waals surface area contributed by atoms with E-state index in [2.05, 4.69) is 17.0 Å². The van der Waals surface area contributed by atoms with Crippen LogP contribution in [0.1, 0.15) is 32.6 Å². The van der Waals surface area contributed by atoms with Crippen molar-refractivity contribution >= 4 is 11.6 Å². The van der Waals surface area contributed by atoms with E-state index in [1.54, 1.807) is 12.1 Å². The molecule has 1 rings (SSSR count). The first-order valence-electron chi connectivity index (χ1n) is 7.10. The SMILES string of the molecule is CCC(CCN)CCC(=O)Nc1cccc(OC(F)F)c1. The Morgan fingerprint density at radius 3 is 2.76 bits per heavy atom. The Labute approximate surface area is 123 Å². The van der Waals surface area contributed by atoms with Gasteiger partial charge in [0.15, 0.2) is 0 Å². The lowest BCUT2D eigenvalue weighted by Crippen LogP contribution is -2.15. The Morgan fingerprint density at radius 2 is 2.14 bits per heavy atom. The van der Waals surface area contributed by atoms with E-state index in [-0.39, 0.29) is 11.7 Å². The largest absolute Gasteiger partial charge is 0.435 e. The summed E-state index contributed by atoms with van der Waals surface area (Å²) in [6, 6.07) is 5.97. The normalized spacial score (nSPS) is 12.2. The van der Waals surface area contributed by atoms with E-state index in [0.29, 0.717) is 24.6 Å². The summed E-state index contributed by atoms with van der Waals surface area (Å²) in [6.45, 7) is -0.186. The van der Waals surface area contributed by atoms with Crippen LogP contribution in [0.4, 0.5) is 14.5 Å². The molecule has 3 N–H and O–H groups in total. The summed E-state index contributed by atoms with van der Waals surface area (Å²) in [6.07, 6.45) is 3.05. The number of hydrogen-bond acceptors (Lipinski definition) is 3. The number of amides is 1. The lowest BCUT2D eigenvalue weighted by Gasteiger charge is -2.13. The fraction of sp³-hybridized carbons (Fsp3) is 0.533. The van der Waals surface area contributed by atoms with Gasteiger partial charge in [0.2, 0.25) is 5.91 Å².